The van der Waals surface area contributed by atoms with Crippen molar-refractivity contribution >= 4 is 32.8 Å². The number of aryl methyl sites for hydroxylation is 1. The van der Waals surface area contributed by atoms with Crippen molar-refractivity contribution in [3.63, 3.8) is 0 Å². The summed E-state index contributed by atoms with van der Waals surface area (Å²) in [4.78, 5) is 0. The Bertz CT molecular complexity index is 2290. The van der Waals surface area contributed by atoms with Crippen LogP contribution in [-0.4, -0.2) is 4.40 Å². The maximum Gasteiger partial charge on any atom is 0.301 e. The first-order valence-corrected chi connectivity index (χ1v) is 15.2. The first-order valence-electron chi connectivity index (χ1n) is 15.2. The van der Waals surface area contributed by atoms with Gasteiger partial charge in [-0.2, -0.15) is 8.80 Å². The van der Waals surface area contributed by atoms with Crippen molar-refractivity contribution in [3.8, 4) is 44.8 Å². The molecule has 0 amide bonds. The predicted octanol–water partition coefficient (Wildman–Crippen LogP) is 10.4. The van der Waals surface area contributed by atoms with Gasteiger partial charge in [-0.1, -0.05) is 146 Å². The van der Waals surface area contributed by atoms with Crippen LogP contribution in [0.4, 0.5) is 0 Å². The van der Waals surface area contributed by atoms with E-state index >= 15 is 0 Å². The summed E-state index contributed by atoms with van der Waals surface area (Å²) in [6.07, 6.45) is 0. The van der Waals surface area contributed by atoms with Gasteiger partial charge in [0, 0.05) is 33.0 Å². The third-order valence-corrected chi connectivity index (χ3v) is 8.97. The van der Waals surface area contributed by atoms with E-state index in [1.807, 2.05) is 0 Å². The lowest BCUT2D eigenvalue weighted by Gasteiger charge is -2.19. The topological polar surface area (TPSA) is 8.51 Å². The van der Waals surface area contributed by atoms with Crippen LogP contribution in [0.15, 0.2) is 158 Å². The zero-order valence-electron chi connectivity index (χ0n) is 24.4. The second-order valence-electron chi connectivity index (χ2n) is 11.6. The first kappa shape index (κ1) is 24.8. The van der Waals surface area contributed by atoms with E-state index in [2.05, 4.69) is 173 Å². The number of imidazole rings is 1. The Morgan fingerprint density at radius 1 is 0.477 bits per heavy atom. The van der Waals surface area contributed by atoms with Crippen molar-refractivity contribution in [2.75, 3.05) is 0 Å². The predicted molar refractivity (Wildman–Crippen MR) is 183 cm³/mol. The Kier molecular flexibility index (Phi) is 5.45. The normalized spacial score (nSPS) is 11.8. The number of nitrogens with zero attached hydrogens (tertiary/aromatic N) is 2. The molecule has 0 bridgehead atoms. The minimum absolute atomic E-state index is 1.19. The number of para-hydroxylation sites is 2. The fraction of sp³-hybridized carbons (Fsp3) is 0.0238. The maximum atomic E-state index is 2.53. The van der Waals surface area contributed by atoms with Crippen LogP contribution >= 0.6 is 0 Å². The van der Waals surface area contributed by atoms with Crippen LogP contribution in [0.3, 0.4) is 0 Å². The van der Waals surface area contributed by atoms with E-state index in [1.165, 1.54) is 83.2 Å². The lowest BCUT2D eigenvalue weighted by atomic mass is 9.87. The van der Waals surface area contributed by atoms with Crippen molar-refractivity contribution in [1.29, 1.82) is 0 Å². The maximum absolute atomic E-state index is 2.53. The standard InChI is InChI=1S/C42H29N2/c1-28-26-33-37(29-16-6-2-7-17-29)40(31-20-10-4-11-21-31)43-35-24-14-15-25-36(35)44-41(32-22-12-5-13-23-32)38(30-18-8-3-9-19-30)34(27-28)39(33)42(43)44/h2-27H,1H3/q+1. The van der Waals surface area contributed by atoms with Gasteiger partial charge in [0.15, 0.2) is 11.0 Å². The van der Waals surface area contributed by atoms with Gasteiger partial charge >= 0.3 is 5.65 Å². The molecule has 0 atom stereocenters. The van der Waals surface area contributed by atoms with E-state index in [4.69, 9.17) is 0 Å². The Morgan fingerprint density at radius 2 is 0.955 bits per heavy atom. The molecule has 0 aliphatic heterocycles. The number of benzene rings is 6. The largest absolute Gasteiger partial charge is 0.301 e. The molecular formula is C42H29N2+. The summed E-state index contributed by atoms with van der Waals surface area (Å²) in [7, 11) is 0. The Labute approximate surface area is 256 Å². The monoisotopic (exact) mass is 561 g/mol. The molecule has 6 aromatic carbocycles. The van der Waals surface area contributed by atoms with E-state index in [9.17, 15) is 0 Å². The Hall–Kier alpha value is -5.73. The van der Waals surface area contributed by atoms with Gasteiger partial charge in [-0.3, -0.25) is 0 Å². The van der Waals surface area contributed by atoms with Gasteiger partial charge in [-0.25, -0.2) is 0 Å². The fourth-order valence-corrected chi connectivity index (χ4v) is 7.28. The van der Waals surface area contributed by atoms with Gasteiger partial charge in [0.05, 0.1) is 5.39 Å². The molecule has 3 aromatic heterocycles. The minimum atomic E-state index is 1.19. The number of hydrogen-bond acceptors (Lipinski definition) is 0. The van der Waals surface area contributed by atoms with Crippen molar-refractivity contribution in [2.24, 2.45) is 0 Å². The second-order valence-corrected chi connectivity index (χ2v) is 11.6. The van der Waals surface area contributed by atoms with E-state index < -0.39 is 0 Å². The van der Waals surface area contributed by atoms with Crippen LogP contribution in [-0.2, 0) is 0 Å². The van der Waals surface area contributed by atoms with Crippen molar-refractivity contribution in [3.05, 3.63) is 163 Å². The van der Waals surface area contributed by atoms with Gasteiger partial charge < -0.3 is 0 Å². The molecule has 2 heteroatoms. The highest BCUT2D eigenvalue weighted by molar-refractivity contribution is 6.21. The highest BCUT2D eigenvalue weighted by Crippen LogP contribution is 2.47. The average Bonchev–Trinajstić information content (AvgIpc) is 3.43. The zero-order chi connectivity index (χ0) is 29.2. The number of fused-ring (bicyclic) bond motifs is 3. The molecule has 0 saturated carbocycles. The molecule has 0 N–H and O–H groups in total. The molecule has 0 fully saturated rings. The highest BCUT2D eigenvalue weighted by atomic mass is 15.1. The fourth-order valence-electron chi connectivity index (χ4n) is 7.28. The zero-order valence-corrected chi connectivity index (χ0v) is 24.4. The lowest BCUT2D eigenvalue weighted by Crippen LogP contribution is -2.26. The average molecular weight is 562 g/mol. The van der Waals surface area contributed by atoms with Crippen LogP contribution in [0.5, 0.6) is 0 Å². The number of rotatable bonds is 4. The molecule has 0 radical (unpaired) electrons. The molecule has 0 aliphatic rings. The molecule has 2 nitrogen and oxygen atoms in total. The van der Waals surface area contributed by atoms with E-state index in [1.54, 1.807) is 0 Å². The molecule has 0 spiro atoms. The molecule has 0 unspecified atom stereocenters. The van der Waals surface area contributed by atoms with Crippen LogP contribution in [0, 0.1) is 6.92 Å². The van der Waals surface area contributed by atoms with Gasteiger partial charge in [0.2, 0.25) is 0 Å². The van der Waals surface area contributed by atoms with Gasteiger partial charge in [-0.05, 0) is 35.7 Å². The second kappa shape index (κ2) is 9.65. The summed E-state index contributed by atoms with van der Waals surface area (Å²) in [5.41, 5.74) is 14.6. The highest BCUT2D eigenvalue weighted by Gasteiger charge is 2.34. The van der Waals surface area contributed by atoms with Gasteiger partial charge in [0.1, 0.15) is 11.4 Å². The summed E-state index contributed by atoms with van der Waals surface area (Å²) in [5.74, 6) is 0. The van der Waals surface area contributed by atoms with Crippen molar-refractivity contribution in [1.82, 2.24) is 4.40 Å². The lowest BCUT2D eigenvalue weighted by molar-refractivity contribution is -0.466. The van der Waals surface area contributed by atoms with E-state index in [0.29, 0.717) is 0 Å². The summed E-state index contributed by atoms with van der Waals surface area (Å²) in [5, 5.41) is 3.83. The van der Waals surface area contributed by atoms with E-state index in [0.717, 1.165) is 0 Å². The van der Waals surface area contributed by atoms with Crippen molar-refractivity contribution < 1.29 is 4.40 Å². The first-order chi connectivity index (χ1) is 21.8. The molecular weight excluding hydrogens is 532 g/mol. The van der Waals surface area contributed by atoms with Crippen molar-refractivity contribution in [2.45, 2.75) is 6.92 Å². The molecule has 0 aliphatic carbocycles. The van der Waals surface area contributed by atoms with E-state index in [-0.39, 0.29) is 0 Å². The molecule has 0 saturated heterocycles. The van der Waals surface area contributed by atoms with Crippen LogP contribution in [0.1, 0.15) is 5.56 Å². The molecule has 3 heterocycles. The third kappa shape index (κ3) is 3.52. The Balaban J connectivity index is 1.67. The summed E-state index contributed by atoms with van der Waals surface area (Å²) in [6.45, 7) is 2.24. The summed E-state index contributed by atoms with van der Waals surface area (Å²) in [6, 6.07) is 57.3. The number of pyridine rings is 2. The van der Waals surface area contributed by atoms with Crippen LogP contribution < -0.4 is 4.40 Å². The van der Waals surface area contributed by atoms with Crippen LogP contribution in [0.2, 0.25) is 0 Å². The molecule has 9 rings (SSSR count). The van der Waals surface area contributed by atoms with Crippen LogP contribution in [0.25, 0.3) is 77.6 Å². The van der Waals surface area contributed by atoms with Gasteiger partial charge in [0.25, 0.3) is 0 Å². The number of aromatic nitrogens is 2. The minimum Gasteiger partial charge on any atom is -0.186 e. The smallest absolute Gasteiger partial charge is 0.186 e. The molecule has 206 valence electrons. The Morgan fingerprint density at radius 3 is 1.57 bits per heavy atom. The third-order valence-electron chi connectivity index (χ3n) is 8.97. The number of hydrogen-bond donors (Lipinski definition) is 0. The molecule has 9 aromatic rings. The summed E-state index contributed by atoms with van der Waals surface area (Å²) >= 11 is 0. The van der Waals surface area contributed by atoms with Gasteiger partial charge in [-0.15, -0.1) is 0 Å². The molecule has 44 heavy (non-hydrogen) atoms. The summed E-state index contributed by atoms with van der Waals surface area (Å²) < 4.78 is 5.05. The quantitative estimate of drug-likeness (QED) is 0.189. The SMILES string of the molecule is Cc1cc2c(-c3ccccc3)c(-c3ccccc3)n3c4ccccc4[n+]4c(-c5ccccc5)c(-c5ccccc5)c(c1)c2c34.